The summed E-state index contributed by atoms with van der Waals surface area (Å²) in [5.74, 6) is -0.708. The van der Waals surface area contributed by atoms with E-state index < -0.39 is 11.6 Å². The number of aromatic amines is 1. The van der Waals surface area contributed by atoms with Gasteiger partial charge in [0.1, 0.15) is 11.6 Å². The van der Waals surface area contributed by atoms with Gasteiger partial charge in [-0.3, -0.25) is 0 Å². The second kappa shape index (κ2) is 4.16. The van der Waals surface area contributed by atoms with Crippen LogP contribution in [0.3, 0.4) is 0 Å². The molecule has 3 nitrogen and oxygen atoms in total. The number of hydrogen-bond acceptors (Lipinski definition) is 2. The Morgan fingerprint density at radius 1 is 1.29 bits per heavy atom. The maximum atomic E-state index is 13.7. The summed E-state index contributed by atoms with van der Waals surface area (Å²) in [5.41, 5.74) is 6.06. The number of anilines is 1. The minimum atomic E-state index is -0.656. The van der Waals surface area contributed by atoms with Crippen molar-refractivity contribution in [3.05, 3.63) is 35.7 Å². The Balaban J connectivity index is 2.52. The summed E-state index contributed by atoms with van der Waals surface area (Å²) in [7, 11) is 0. The first-order chi connectivity index (χ1) is 7.99. The molecule has 0 radical (unpaired) electrons. The Hall–Kier alpha value is -1.91. The molecule has 0 aliphatic heterocycles. The van der Waals surface area contributed by atoms with Crippen LogP contribution in [0.2, 0.25) is 0 Å². The van der Waals surface area contributed by atoms with Crippen molar-refractivity contribution in [3.63, 3.8) is 0 Å². The predicted octanol–water partition coefficient (Wildman–Crippen LogP) is 3.06. The Morgan fingerprint density at radius 2 is 2.00 bits per heavy atom. The van der Waals surface area contributed by atoms with E-state index >= 15 is 0 Å². The van der Waals surface area contributed by atoms with Gasteiger partial charge < -0.3 is 10.7 Å². The van der Waals surface area contributed by atoms with Gasteiger partial charge in [-0.1, -0.05) is 13.8 Å². The molecule has 0 unspecified atom stereocenters. The lowest BCUT2D eigenvalue weighted by atomic mass is 10.1. The van der Waals surface area contributed by atoms with Gasteiger partial charge in [0.05, 0.1) is 11.3 Å². The van der Waals surface area contributed by atoms with E-state index in [9.17, 15) is 8.78 Å². The van der Waals surface area contributed by atoms with Gasteiger partial charge in [-0.05, 0) is 18.1 Å². The zero-order valence-corrected chi connectivity index (χ0v) is 9.59. The molecule has 1 aromatic heterocycles. The van der Waals surface area contributed by atoms with Gasteiger partial charge in [0.2, 0.25) is 0 Å². The molecule has 0 bridgehead atoms. The molecule has 1 heterocycles. The average molecular weight is 237 g/mol. The van der Waals surface area contributed by atoms with Crippen LogP contribution in [0.5, 0.6) is 0 Å². The summed E-state index contributed by atoms with van der Waals surface area (Å²) < 4.78 is 26.9. The molecule has 0 aliphatic carbocycles. The zero-order valence-electron chi connectivity index (χ0n) is 9.59. The number of hydrogen-bond donors (Lipinski definition) is 2. The van der Waals surface area contributed by atoms with E-state index in [0.29, 0.717) is 0 Å². The fourth-order valence-electron chi connectivity index (χ4n) is 1.55. The second-order valence-corrected chi connectivity index (χ2v) is 4.20. The Kier molecular flexibility index (Phi) is 2.83. The van der Waals surface area contributed by atoms with E-state index in [-0.39, 0.29) is 23.0 Å². The van der Waals surface area contributed by atoms with E-state index in [1.807, 2.05) is 13.8 Å². The van der Waals surface area contributed by atoms with Crippen LogP contribution in [0.15, 0.2) is 18.3 Å². The highest BCUT2D eigenvalue weighted by Crippen LogP contribution is 2.26. The predicted molar refractivity (Wildman–Crippen MR) is 62.4 cm³/mol. The van der Waals surface area contributed by atoms with Crippen LogP contribution in [0, 0.1) is 11.6 Å². The smallest absolute Gasteiger partial charge is 0.157 e. The van der Waals surface area contributed by atoms with Crippen LogP contribution < -0.4 is 5.73 Å². The number of halogens is 2. The lowest BCUT2D eigenvalue weighted by molar-refractivity contribution is 0.606. The van der Waals surface area contributed by atoms with Crippen molar-refractivity contribution in [2.75, 3.05) is 5.73 Å². The molecule has 2 rings (SSSR count). The number of imidazole rings is 1. The van der Waals surface area contributed by atoms with Crippen LogP contribution >= 0.6 is 0 Å². The Bertz CT molecular complexity index is 547. The molecule has 0 saturated carbocycles. The lowest BCUT2D eigenvalue weighted by Gasteiger charge is -2.04. The molecule has 2 aromatic rings. The number of rotatable bonds is 2. The van der Waals surface area contributed by atoms with Crippen LogP contribution in [0.1, 0.15) is 25.5 Å². The summed E-state index contributed by atoms with van der Waals surface area (Å²) >= 11 is 0. The van der Waals surface area contributed by atoms with Crippen molar-refractivity contribution in [1.82, 2.24) is 9.97 Å². The molecule has 17 heavy (non-hydrogen) atoms. The third-order valence-electron chi connectivity index (χ3n) is 2.54. The van der Waals surface area contributed by atoms with Crippen LogP contribution in [0.25, 0.3) is 11.4 Å². The minimum absolute atomic E-state index is 0.0504. The lowest BCUT2D eigenvalue weighted by Crippen LogP contribution is -1.96. The average Bonchev–Trinajstić information content (AvgIpc) is 2.72. The molecule has 0 saturated heterocycles. The van der Waals surface area contributed by atoms with Crippen molar-refractivity contribution < 1.29 is 8.78 Å². The number of aromatic nitrogens is 2. The molecule has 0 aliphatic rings. The number of H-pyrrole nitrogens is 1. The monoisotopic (exact) mass is 237 g/mol. The summed E-state index contributed by atoms with van der Waals surface area (Å²) in [6.07, 6.45) is 1.61. The zero-order chi connectivity index (χ0) is 12.6. The molecular formula is C12H13F2N3. The summed E-state index contributed by atoms with van der Waals surface area (Å²) in [4.78, 5) is 6.98. The molecule has 3 N–H and O–H groups in total. The van der Waals surface area contributed by atoms with E-state index in [1.54, 1.807) is 6.20 Å². The molecule has 0 fully saturated rings. The SMILES string of the molecule is CC(C)c1cnc(-c2cc(F)cc(N)c2F)[nH]1. The van der Waals surface area contributed by atoms with Crippen molar-refractivity contribution in [2.45, 2.75) is 19.8 Å². The molecule has 90 valence electrons. The molecule has 1 aromatic carbocycles. The van der Waals surface area contributed by atoms with Crippen molar-refractivity contribution in [3.8, 4) is 11.4 Å². The highest BCUT2D eigenvalue weighted by atomic mass is 19.1. The second-order valence-electron chi connectivity index (χ2n) is 4.20. The standard InChI is InChI=1S/C12H13F2N3/c1-6(2)10-5-16-12(17-10)8-3-7(13)4-9(15)11(8)14/h3-6H,15H2,1-2H3,(H,16,17). The van der Waals surface area contributed by atoms with Crippen molar-refractivity contribution >= 4 is 5.69 Å². The first kappa shape index (κ1) is 11.6. The molecular weight excluding hydrogens is 224 g/mol. The number of nitrogen functional groups attached to an aromatic ring is 1. The minimum Gasteiger partial charge on any atom is -0.396 e. The highest BCUT2D eigenvalue weighted by molar-refractivity contribution is 5.63. The first-order valence-corrected chi connectivity index (χ1v) is 5.29. The van der Waals surface area contributed by atoms with E-state index in [4.69, 9.17) is 5.73 Å². The third-order valence-corrected chi connectivity index (χ3v) is 2.54. The number of nitrogens with one attached hydrogen (secondary N) is 1. The number of nitrogens with zero attached hydrogens (tertiary/aromatic N) is 1. The number of nitrogens with two attached hydrogens (primary N) is 1. The largest absolute Gasteiger partial charge is 0.396 e. The van der Waals surface area contributed by atoms with E-state index in [1.165, 1.54) is 0 Å². The van der Waals surface area contributed by atoms with Gasteiger partial charge >= 0.3 is 0 Å². The van der Waals surface area contributed by atoms with Gasteiger partial charge in [0.25, 0.3) is 0 Å². The first-order valence-electron chi connectivity index (χ1n) is 5.29. The van der Waals surface area contributed by atoms with Crippen LogP contribution in [0.4, 0.5) is 14.5 Å². The normalized spacial score (nSPS) is 11.1. The molecule has 0 spiro atoms. The third kappa shape index (κ3) is 2.13. The summed E-state index contributed by atoms with van der Waals surface area (Å²) in [6, 6.07) is 2.03. The fourth-order valence-corrected chi connectivity index (χ4v) is 1.55. The van der Waals surface area contributed by atoms with Gasteiger partial charge in [0, 0.05) is 11.9 Å². The molecule has 0 atom stereocenters. The maximum absolute atomic E-state index is 13.7. The maximum Gasteiger partial charge on any atom is 0.157 e. The molecule has 5 heteroatoms. The topological polar surface area (TPSA) is 54.7 Å². The van der Waals surface area contributed by atoms with Gasteiger partial charge in [-0.25, -0.2) is 13.8 Å². The van der Waals surface area contributed by atoms with Crippen molar-refractivity contribution in [1.29, 1.82) is 0 Å². The van der Waals surface area contributed by atoms with Crippen molar-refractivity contribution in [2.24, 2.45) is 0 Å². The van der Waals surface area contributed by atoms with E-state index in [0.717, 1.165) is 17.8 Å². The van der Waals surface area contributed by atoms with Crippen LogP contribution in [-0.4, -0.2) is 9.97 Å². The van der Waals surface area contributed by atoms with Crippen LogP contribution in [-0.2, 0) is 0 Å². The van der Waals surface area contributed by atoms with Gasteiger partial charge in [0.15, 0.2) is 5.82 Å². The number of benzene rings is 1. The molecule has 0 amide bonds. The Labute approximate surface area is 97.7 Å². The highest BCUT2D eigenvalue weighted by Gasteiger charge is 2.14. The van der Waals surface area contributed by atoms with Gasteiger partial charge in [-0.2, -0.15) is 0 Å². The Morgan fingerprint density at radius 3 is 2.59 bits per heavy atom. The summed E-state index contributed by atoms with van der Waals surface area (Å²) in [6.45, 7) is 3.96. The quantitative estimate of drug-likeness (QED) is 0.789. The van der Waals surface area contributed by atoms with Gasteiger partial charge in [-0.15, -0.1) is 0 Å². The summed E-state index contributed by atoms with van der Waals surface area (Å²) in [5, 5.41) is 0. The fraction of sp³-hybridized carbons (Fsp3) is 0.250. The van der Waals surface area contributed by atoms with E-state index in [2.05, 4.69) is 9.97 Å².